The van der Waals surface area contributed by atoms with E-state index in [1.54, 1.807) is 18.2 Å². The Bertz CT molecular complexity index is 350. The predicted molar refractivity (Wildman–Crippen MR) is 67.9 cm³/mol. The summed E-state index contributed by atoms with van der Waals surface area (Å²) in [7, 11) is 0. The first-order chi connectivity index (χ1) is 7.83. The molecule has 0 aliphatic heterocycles. The molecule has 0 amide bonds. The smallest absolute Gasteiger partial charge is 0.130 e. The maximum Gasteiger partial charge on any atom is 0.130 e. The molecule has 0 saturated carbocycles. The van der Waals surface area contributed by atoms with Gasteiger partial charge < -0.3 is 9.47 Å². The van der Waals surface area contributed by atoms with Crippen molar-refractivity contribution >= 4 is 6.08 Å². The van der Waals surface area contributed by atoms with Crippen LogP contribution in [0.25, 0.3) is 6.08 Å². The molecule has 2 nitrogen and oxygen atoms in total. The lowest BCUT2D eigenvalue weighted by Crippen LogP contribution is -1.99. The summed E-state index contributed by atoms with van der Waals surface area (Å²) < 4.78 is 11.0. The second-order valence-corrected chi connectivity index (χ2v) is 3.07. The number of hydrogen-bond acceptors (Lipinski definition) is 2. The molecular formula is C14H16O2. The molecule has 2 heteroatoms. The molecule has 0 aromatic heterocycles. The topological polar surface area (TPSA) is 18.5 Å². The molecular weight excluding hydrogens is 200 g/mol. The molecule has 0 aliphatic carbocycles. The number of hydrogen-bond donors (Lipinski definition) is 0. The fraction of sp³-hybridized carbons (Fsp3) is 0.143. The van der Waals surface area contributed by atoms with E-state index in [2.05, 4.69) is 19.7 Å². The van der Waals surface area contributed by atoms with Gasteiger partial charge in [-0.15, -0.1) is 0 Å². The minimum Gasteiger partial charge on any atom is -0.489 e. The SMILES string of the molecule is C=CCOc1cccc(OCC=C)c1C=C. The lowest BCUT2D eigenvalue weighted by Gasteiger charge is -2.12. The minimum absolute atomic E-state index is 0.464. The third-order valence-corrected chi connectivity index (χ3v) is 1.94. The minimum atomic E-state index is 0.464. The Labute approximate surface area is 96.5 Å². The summed E-state index contributed by atoms with van der Waals surface area (Å²) in [5, 5.41) is 0. The van der Waals surface area contributed by atoms with Crippen LogP contribution in [0.4, 0.5) is 0 Å². The van der Waals surface area contributed by atoms with Gasteiger partial charge in [-0.05, 0) is 12.1 Å². The van der Waals surface area contributed by atoms with Crippen molar-refractivity contribution in [3.8, 4) is 11.5 Å². The zero-order valence-electron chi connectivity index (χ0n) is 9.32. The molecule has 0 saturated heterocycles. The summed E-state index contributed by atoms with van der Waals surface area (Å²) in [6.45, 7) is 11.9. The number of ether oxygens (including phenoxy) is 2. The molecule has 0 N–H and O–H groups in total. The van der Waals surface area contributed by atoms with Gasteiger partial charge in [0.15, 0.2) is 0 Å². The lowest BCUT2D eigenvalue weighted by atomic mass is 10.2. The monoisotopic (exact) mass is 216 g/mol. The first kappa shape index (κ1) is 12.1. The highest BCUT2D eigenvalue weighted by atomic mass is 16.5. The van der Waals surface area contributed by atoms with Crippen LogP contribution in [0.3, 0.4) is 0 Å². The van der Waals surface area contributed by atoms with Gasteiger partial charge in [0.05, 0.1) is 5.56 Å². The lowest BCUT2D eigenvalue weighted by molar-refractivity contribution is 0.343. The Morgan fingerprint density at radius 2 is 1.44 bits per heavy atom. The van der Waals surface area contributed by atoms with E-state index in [1.165, 1.54) is 0 Å². The molecule has 0 unspecified atom stereocenters. The van der Waals surface area contributed by atoms with Crippen molar-refractivity contribution in [2.24, 2.45) is 0 Å². The van der Waals surface area contributed by atoms with Crippen molar-refractivity contribution in [1.29, 1.82) is 0 Å². The summed E-state index contributed by atoms with van der Waals surface area (Å²) in [4.78, 5) is 0. The molecule has 1 aromatic carbocycles. The van der Waals surface area contributed by atoms with Crippen LogP contribution in [-0.2, 0) is 0 Å². The van der Waals surface area contributed by atoms with Gasteiger partial charge in [0.2, 0.25) is 0 Å². The third kappa shape index (κ3) is 3.02. The van der Waals surface area contributed by atoms with Crippen LogP contribution >= 0.6 is 0 Å². The van der Waals surface area contributed by atoms with Gasteiger partial charge in [-0.25, -0.2) is 0 Å². The van der Waals surface area contributed by atoms with E-state index >= 15 is 0 Å². The van der Waals surface area contributed by atoms with Crippen LogP contribution < -0.4 is 9.47 Å². The maximum atomic E-state index is 5.50. The van der Waals surface area contributed by atoms with E-state index in [0.717, 1.165) is 17.1 Å². The van der Waals surface area contributed by atoms with Gasteiger partial charge in [0, 0.05) is 0 Å². The van der Waals surface area contributed by atoms with Crippen molar-refractivity contribution in [3.05, 3.63) is 55.7 Å². The third-order valence-electron chi connectivity index (χ3n) is 1.94. The summed E-state index contributed by atoms with van der Waals surface area (Å²) >= 11 is 0. The average Bonchev–Trinajstić information content (AvgIpc) is 2.33. The number of rotatable bonds is 7. The molecule has 0 atom stereocenters. The number of benzene rings is 1. The molecule has 0 aliphatic rings. The van der Waals surface area contributed by atoms with Crippen molar-refractivity contribution in [3.63, 3.8) is 0 Å². The molecule has 0 bridgehead atoms. The molecule has 0 spiro atoms. The molecule has 0 fully saturated rings. The molecule has 16 heavy (non-hydrogen) atoms. The highest BCUT2D eigenvalue weighted by Gasteiger charge is 2.06. The average molecular weight is 216 g/mol. The normalized spacial score (nSPS) is 9.25. The van der Waals surface area contributed by atoms with Crippen molar-refractivity contribution in [2.75, 3.05) is 13.2 Å². The molecule has 84 valence electrons. The largest absolute Gasteiger partial charge is 0.489 e. The molecule has 1 aromatic rings. The highest BCUT2D eigenvalue weighted by molar-refractivity contribution is 5.63. The van der Waals surface area contributed by atoms with E-state index in [0.29, 0.717) is 13.2 Å². The van der Waals surface area contributed by atoms with Crippen molar-refractivity contribution in [1.82, 2.24) is 0 Å². The second kappa shape index (κ2) is 6.51. The van der Waals surface area contributed by atoms with Crippen LogP contribution in [0.1, 0.15) is 5.56 Å². The quantitative estimate of drug-likeness (QED) is 0.650. The molecule has 0 radical (unpaired) electrons. The first-order valence-electron chi connectivity index (χ1n) is 5.06. The van der Waals surface area contributed by atoms with Crippen molar-refractivity contribution < 1.29 is 9.47 Å². The first-order valence-corrected chi connectivity index (χ1v) is 5.06. The Morgan fingerprint density at radius 1 is 0.938 bits per heavy atom. The summed E-state index contributed by atoms with van der Waals surface area (Å²) in [5.74, 6) is 1.49. The summed E-state index contributed by atoms with van der Waals surface area (Å²) in [6.07, 6.45) is 5.12. The van der Waals surface area contributed by atoms with Gasteiger partial charge in [-0.3, -0.25) is 0 Å². The molecule has 1 rings (SSSR count). The van der Waals surface area contributed by atoms with Gasteiger partial charge >= 0.3 is 0 Å². The Balaban J connectivity index is 2.94. The fourth-order valence-electron chi connectivity index (χ4n) is 1.27. The predicted octanol–water partition coefficient (Wildman–Crippen LogP) is 3.46. The van der Waals surface area contributed by atoms with Crippen LogP contribution in [0.5, 0.6) is 11.5 Å². The Morgan fingerprint density at radius 3 is 1.81 bits per heavy atom. The highest BCUT2D eigenvalue weighted by Crippen LogP contribution is 2.29. The second-order valence-electron chi connectivity index (χ2n) is 3.07. The van der Waals surface area contributed by atoms with Crippen molar-refractivity contribution in [2.45, 2.75) is 0 Å². The fourth-order valence-corrected chi connectivity index (χ4v) is 1.27. The van der Waals surface area contributed by atoms with E-state index in [1.807, 2.05) is 18.2 Å². The summed E-state index contributed by atoms with van der Waals surface area (Å²) in [6, 6.07) is 5.63. The Hall–Kier alpha value is -1.96. The van der Waals surface area contributed by atoms with E-state index in [9.17, 15) is 0 Å². The van der Waals surface area contributed by atoms with Gasteiger partial charge in [-0.1, -0.05) is 44.0 Å². The van der Waals surface area contributed by atoms with Crippen LogP contribution in [0.2, 0.25) is 0 Å². The molecule has 0 heterocycles. The zero-order chi connectivity index (χ0) is 11.8. The zero-order valence-corrected chi connectivity index (χ0v) is 9.32. The van der Waals surface area contributed by atoms with E-state index in [-0.39, 0.29) is 0 Å². The standard InChI is InChI=1S/C14H16O2/c1-4-10-15-13-8-7-9-14(12(13)6-3)16-11-5-2/h4-9H,1-3,10-11H2. The van der Waals surface area contributed by atoms with E-state index < -0.39 is 0 Å². The van der Waals surface area contributed by atoms with Crippen LogP contribution in [-0.4, -0.2) is 13.2 Å². The van der Waals surface area contributed by atoms with Gasteiger partial charge in [0.25, 0.3) is 0 Å². The van der Waals surface area contributed by atoms with E-state index in [4.69, 9.17) is 9.47 Å². The van der Waals surface area contributed by atoms with Gasteiger partial charge in [0.1, 0.15) is 24.7 Å². The Kier molecular flexibility index (Phi) is 4.93. The van der Waals surface area contributed by atoms with Gasteiger partial charge in [-0.2, -0.15) is 0 Å². The van der Waals surface area contributed by atoms with Crippen LogP contribution in [0, 0.1) is 0 Å². The summed E-state index contributed by atoms with van der Waals surface area (Å²) in [5.41, 5.74) is 0.853. The maximum absolute atomic E-state index is 5.50. The van der Waals surface area contributed by atoms with Crippen LogP contribution in [0.15, 0.2) is 50.1 Å².